The third kappa shape index (κ3) is 2.98. The quantitative estimate of drug-likeness (QED) is 0.743. The predicted octanol–water partition coefficient (Wildman–Crippen LogP) is 3.97. The highest BCUT2D eigenvalue weighted by Crippen LogP contribution is 2.16. The van der Waals surface area contributed by atoms with Gasteiger partial charge in [0.2, 0.25) is 0 Å². The average Bonchev–Trinajstić information content (AvgIpc) is 2.90. The van der Waals surface area contributed by atoms with Crippen LogP contribution in [0.2, 0.25) is 0 Å². The summed E-state index contributed by atoms with van der Waals surface area (Å²) in [5.41, 5.74) is 2.34. The van der Waals surface area contributed by atoms with Crippen LogP contribution in [0.4, 0.5) is 0 Å². The van der Waals surface area contributed by atoms with Crippen LogP contribution in [-0.2, 0) is 0 Å². The van der Waals surface area contributed by atoms with Crippen LogP contribution in [0.5, 0.6) is 0 Å². The van der Waals surface area contributed by atoms with Crippen molar-refractivity contribution < 1.29 is 4.79 Å². The lowest BCUT2D eigenvalue weighted by atomic mass is 10.0. The molecule has 1 aromatic carbocycles. The van der Waals surface area contributed by atoms with Gasteiger partial charge in [-0.05, 0) is 35.3 Å². The normalized spacial score (nSPS) is 11.3. The SMILES string of the molecule is CC(C)c1cccc(/C=C/C(=O)n2cccc2)c1. The van der Waals surface area contributed by atoms with E-state index in [4.69, 9.17) is 0 Å². The van der Waals surface area contributed by atoms with Gasteiger partial charge in [0.25, 0.3) is 5.91 Å². The van der Waals surface area contributed by atoms with E-state index in [2.05, 4.69) is 26.0 Å². The Labute approximate surface area is 108 Å². The van der Waals surface area contributed by atoms with Gasteiger partial charge in [-0.2, -0.15) is 0 Å². The van der Waals surface area contributed by atoms with Gasteiger partial charge in [-0.3, -0.25) is 9.36 Å². The van der Waals surface area contributed by atoms with E-state index in [1.807, 2.05) is 30.3 Å². The number of carbonyl (C=O) groups excluding carboxylic acids is 1. The number of hydrogen-bond acceptors (Lipinski definition) is 1. The molecule has 0 saturated heterocycles. The minimum absolute atomic E-state index is 0.0325. The lowest BCUT2D eigenvalue weighted by Crippen LogP contribution is -2.03. The molecule has 0 atom stereocenters. The lowest BCUT2D eigenvalue weighted by Gasteiger charge is -2.05. The molecule has 0 aliphatic heterocycles. The molecule has 0 aliphatic rings. The van der Waals surface area contributed by atoms with Gasteiger partial charge in [-0.15, -0.1) is 0 Å². The van der Waals surface area contributed by atoms with Crippen molar-refractivity contribution in [2.24, 2.45) is 0 Å². The molecule has 2 heteroatoms. The van der Waals surface area contributed by atoms with E-state index in [-0.39, 0.29) is 5.91 Å². The molecule has 18 heavy (non-hydrogen) atoms. The Balaban J connectivity index is 2.14. The minimum Gasteiger partial charge on any atom is -0.291 e. The number of allylic oxidation sites excluding steroid dienone is 1. The first kappa shape index (κ1) is 12.4. The van der Waals surface area contributed by atoms with E-state index < -0.39 is 0 Å². The molecule has 0 amide bonds. The van der Waals surface area contributed by atoms with Crippen LogP contribution in [-0.4, -0.2) is 10.5 Å². The van der Waals surface area contributed by atoms with Crippen molar-refractivity contribution >= 4 is 12.0 Å². The number of carbonyl (C=O) groups is 1. The van der Waals surface area contributed by atoms with E-state index in [9.17, 15) is 4.79 Å². The topological polar surface area (TPSA) is 22.0 Å². The van der Waals surface area contributed by atoms with Crippen molar-refractivity contribution in [2.75, 3.05) is 0 Å². The second kappa shape index (κ2) is 5.50. The zero-order valence-corrected chi connectivity index (χ0v) is 10.7. The first-order chi connectivity index (χ1) is 8.66. The molecule has 0 radical (unpaired) electrons. The second-order valence-electron chi connectivity index (χ2n) is 4.59. The summed E-state index contributed by atoms with van der Waals surface area (Å²) in [6.45, 7) is 4.32. The Morgan fingerprint density at radius 3 is 2.56 bits per heavy atom. The highest BCUT2D eigenvalue weighted by Gasteiger charge is 2.00. The maximum atomic E-state index is 11.8. The summed E-state index contributed by atoms with van der Waals surface area (Å²) >= 11 is 0. The van der Waals surface area contributed by atoms with Gasteiger partial charge in [0, 0.05) is 18.5 Å². The van der Waals surface area contributed by atoms with Crippen molar-refractivity contribution in [3.05, 3.63) is 66.0 Å². The molecule has 0 N–H and O–H groups in total. The molecular weight excluding hydrogens is 222 g/mol. The number of aromatic nitrogens is 1. The Kier molecular flexibility index (Phi) is 3.78. The number of benzene rings is 1. The highest BCUT2D eigenvalue weighted by molar-refractivity contribution is 5.93. The first-order valence-corrected chi connectivity index (χ1v) is 6.12. The fourth-order valence-corrected chi connectivity index (χ4v) is 1.76. The molecule has 1 heterocycles. The molecule has 0 aliphatic carbocycles. The molecule has 0 spiro atoms. The zero-order valence-electron chi connectivity index (χ0n) is 10.7. The third-order valence-corrected chi connectivity index (χ3v) is 2.85. The smallest absolute Gasteiger partial charge is 0.254 e. The van der Waals surface area contributed by atoms with Crippen molar-refractivity contribution in [3.63, 3.8) is 0 Å². The number of rotatable bonds is 3. The van der Waals surface area contributed by atoms with Crippen molar-refractivity contribution in [1.82, 2.24) is 4.57 Å². The van der Waals surface area contributed by atoms with E-state index in [1.54, 1.807) is 23.0 Å². The van der Waals surface area contributed by atoms with E-state index in [0.29, 0.717) is 5.92 Å². The van der Waals surface area contributed by atoms with Gasteiger partial charge in [-0.25, -0.2) is 0 Å². The summed E-state index contributed by atoms with van der Waals surface area (Å²) in [6.07, 6.45) is 6.95. The summed E-state index contributed by atoms with van der Waals surface area (Å²) in [4.78, 5) is 11.8. The maximum Gasteiger partial charge on any atom is 0.254 e. The van der Waals surface area contributed by atoms with E-state index in [1.165, 1.54) is 5.56 Å². The molecule has 0 bridgehead atoms. The van der Waals surface area contributed by atoms with Crippen LogP contribution in [0.3, 0.4) is 0 Å². The van der Waals surface area contributed by atoms with Gasteiger partial charge < -0.3 is 0 Å². The van der Waals surface area contributed by atoms with Gasteiger partial charge in [-0.1, -0.05) is 38.1 Å². The van der Waals surface area contributed by atoms with Crippen LogP contribution in [0.15, 0.2) is 54.9 Å². The fraction of sp³-hybridized carbons (Fsp3) is 0.188. The molecule has 1 aromatic heterocycles. The number of hydrogen-bond donors (Lipinski definition) is 0. The summed E-state index contributed by atoms with van der Waals surface area (Å²) < 4.78 is 1.56. The average molecular weight is 239 g/mol. The summed E-state index contributed by atoms with van der Waals surface area (Å²) in [6, 6.07) is 11.9. The number of nitrogens with zero attached hydrogens (tertiary/aromatic N) is 1. The van der Waals surface area contributed by atoms with Crippen molar-refractivity contribution in [2.45, 2.75) is 19.8 Å². The molecule has 2 aromatic rings. The molecule has 0 fully saturated rings. The van der Waals surface area contributed by atoms with E-state index >= 15 is 0 Å². The summed E-state index contributed by atoms with van der Waals surface area (Å²) in [5, 5.41) is 0. The Morgan fingerprint density at radius 2 is 1.89 bits per heavy atom. The Bertz CT molecular complexity index is 550. The molecule has 92 valence electrons. The van der Waals surface area contributed by atoms with Crippen molar-refractivity contribution in [1.29, 1.82) is 0 Å². The van der Waals surface area contributed by atoms with Gasteiger partial charge in [0.05, 0.1) is 0 Å². The fourth-order valence-electron chi connectivity index (χ4n) is 1.76. The largest absolute Gasteiger partial charge is 0.291 e. The lowest BCUT2D eigenvalue weighted by molar-refractivity contribution is 0.0970. The van der Waals surface area contributed by atoms with Gasteiger partial charge >= 0.3 is 0 Å². The van der Waals surface area contributed by atoms with Crippen LogP contribution in [0.1, 0.15) is 35.7 Å². The Hall–Kier alpha value is -2.09. The predicted molar refractivity (Wildman–Crippen MR) is 74.6 cm³/mol. The monoisotopic (exact) mass is 239 g/mol. The van der Waals surface area contributed by atoms with Crippen LogP contribution in [0.25, 0.3) is 6.08 Å². The first-order valence-electron chi connectivity index (χ1n) is 6.12. The molecule has 0 saturated carbocycles. The molecule has 2 nitrogen and oxygen atoms in total. The highest BCUT2D eigenvalue weighted by atomic mass is 16.1. The second-order valence-corrected chi connectivity index (χ2v) is 4.59. The van der Waals surface area contributed by atoms with Crippen LogP contribution < -0.4 is 0 Å². The minimum atomic E-state index is -0.0325. The zero-order chi connectivity index (χ0) is 13.0. The van der Waals surface area contributed by atoms with Crippen molar-refractivity contribution in [3.8, 4) is 0 Å². The maximum absolute atomic E-state index is 11.8. The van der Waals surface area contributed by atoms with Gasteiger partial charge in [0.15, 0.2) is 0 Å². The van der Waals surface area contributed by atoms with Crippen LogP contribution >= 0.6 is 0 Å². The van der Waals surface area contributed by atoms with Crippen LogP contribution in [0, 0.1) is 0 Å². The van der Waals surface area contributed by atoms with Gasteiger partial charge in [0.1, 0.15) is 0 Å². The molecule has 0 unspecified atom stereocenters. The molecular formula is C16H17NO. The summed E-state index contributed by atoms with van der Waals surface area (Å²) in [5.74, 6) is 0.466. The Morgan fingerprint density at radius 1 is 1.17 bits per heavy atom. The summed E-state index contributed by atoms with van der Waals surface area (Å²) in [7, 11) is 0. The molecule has 2 rings (SSSR count). The standard InChI is InChI=1S/C16H17NO/c1-13(2)15-7-5-6-14(12-15)8-9-16(18)17-10-3-4-11-17/h3-13H,1-2H3/b9-8+. The third-order valence-electron chi connectivity index (χ3n) is 2.85. The van der Waals surface area contributed by atoms with E-state index in [0.717, 1.165) is 5.56 Å².